The third-order valence-corrected chi connectivity index (χ3v) is 3.23. The molecule has 108 valence electrons. The van der Waals surface area contributed by atoms with Crippen molar-refractivity contribution >= 4 is 10.8 Å². The molecule has 0 saturated heterocycles. The van der Waals surface area contributed by atoms with Crippen LogP contribution in [0.25, 0.3) is 10.8 Å². The summed E-state index contributed by atoms with van der Waals surface area (Å²) in [6.45, 7) is 2.78. The summed E-state index contributed by atoms with van der Waals surface area (Å²) in [4.78, 5) is 0. The Balaban J connectivity index is 1.71. The molecule has 0 heterocycles. The fourth-order valence-electron chi connectivity index (χ4n) is 2.16. The largest absolute Gasteiger partial charge is 0.491 e. The van der Waals surface area contributed by atoms with Crippen LogP contribution in [0.3, 0.4) is 0 Å². The molecule has 0 aliphatic rings. The third kappa shape index (κ3) is 4.51. The lowest BCUT2D eigenvalue weighted by molar-refractivity contribution is 0.0977. The van der Waals surface area contributed by atoms with Crippen molar-refractivity contribution in [1.82, 2.24) is 0 Å². The molecule has 20 heavy (non-hydrogen) atoms. The van der Waals surface area contributed by atoms with E-state index in [0.717, 1.165) is 43.5 Å². The van der Waals surface area contributed by atoms with Gasteiger partial charge in [0.2, 0.25) is 0 Å². The monoisotopic (exact) mass is 273 g/mol. The van der Waals surface area contributed by atoms with Crippen LogP contribution < -0.4 is 10.5 Å². The van der Waals surface area contributed by atoms with Crippen LogP contribution in [0.5, 0.6) is 5.75 Å². The van der Waals surface area contributed by atoms with Crippen molar-refractivity contribution in [2.45, 2.75) is 19.3 Å². The second-order valence-corrected chi connectivity index (χ2v) is 4.79. The summed E-state index contributed by atoms with van der Waals surface area (Å²) in [5.74, 6) is 0.926. The predicted molar refractivity (Wildman–Crippen MR) is 83.2 cm³/mol. The van der Waals surface area contributed by atoms with E-state index in [9.17, 15) is 0 Å². The number of unbranched alkanes of at least 4 members (excludes halogenated alkanes) is 2. The summed E-state index contributed by atoms with van der Waals surface area (Å²) < 4.78 is 11.4. The lowest BCUT2D eigenvalue weighted by atomic mass is 10.1. The van der Waals surface area contributed by atoms with Crippen molar-refractivity contribution in [2.24, 2.45) is 5.73 Å². The number of fused-ring (bicyclic) bond motifs is 1. The SMILES string of the molecule is NCCCCCOCCOc1cccc2ccccc12. The Morgan fingerprint density at radius 2 is 1.65 bits per heavy atom. The van der Waals surface area contributed by atoms with Gasteiger partial charge in [-0.15, -0.1) is 0 Å². The minimum atomic E-state index is 0.588. The Bertz CT molecular complexity index is 508. The number of benzene rings is 2. The van der Waals surface area contributed by atoms with Gasteiger partial charge >= 0.3 is 0 Å². The van der Waals surface area contributed by atoms with Crippen molar-refractivity contribution in [3.8, 4) is 5.75 Å². The van der Waals surface area contributed by atoms with E-state index in [2.05, 4.69) is 18.2 Å². The molecule has 0 fully saturated rings. The smallest absolute Gasteiger partial charge is 0.127 e. The number of hydrogen-bond donors (Lipinski definition) is 1. The van der Waals surface area contributed by atoms with Crippen LogP contribution in [-0.2, 0) is 4.74 Å². The van der Waals surface area contributed by atoms with E-state index >= 15 is 0 Å². The summed E-state index contributed by atoms with van der Waals surface area (Å²) in [7, 11) is 0. The Morgan fingerprint density at radius 3 is 2.55 bits per heavy atom. The first-order valence-electron chi connectivity index (χ1n) is 7.30. The Labute approximate surface area is 120 Å². The summed E-state index contributed by atoms with van der Waals surface area (Å²) >= 11 is 0. The van der Waals surface area contributed by atoms with E-state index in [1.54, 1.807) is 0 Å². The maximum atomic E-state index is 5.80. The highest BCUT2D eigenvalue weighted by atomic mass is 16.5. The van der Waals surface area contributed by atoms with E-state index in [0.29, 0.717) is 13.2 Å². The topological polar surface area (TPSA) is 44.5 Å². The van der Waals surface area contributed by atoms with Crippen molar-refractivity contribution in [1.29, 1.82) is 0 Å². The van der Waals surface area contributed by atoms with Crippen LogP contribution in [0.4, 0.5) is 0 Å². The summed E-state index contributed by atoms with van der Waals surface area (Å²) in [6, 6.07) is 14.4. The second-order valence-electron chi connectivity index (χ2n) is 4.79. The number of ether oxygens (including phenoxy) is 2. The molecule has 0 aromatic heterocycles. The molecule has 0 unspecified atom stereocenters. The minimum absolute atomic E-state index is 0.588. The van der Waals surface area contributed by atoms with E-state index in [1.165, 1.54) is 5.39 Å². The van der Waals surface area contributed by atoms with E-state index in [4.69, 9.17) is 15.2 Å². The van der Waals surface area contributed by atoms with Gasteiger partial charge in [-0.25, -0.2) is 0 Å². The van der Waals surface area contributed by atoms with E-state index < -0.39 is 0 Å². The van der Waals surface area contributed by atoms with Gasteiger partial charge in [0.15, 0.2) is 0 Å². The molecule has 0 amide bonds. The highest BCUT2D eigenvalue weighted by Crippen LogP contribution is 2.24. The van der Waals surface area contributed by atoms with Crippen molar-refractivity contribution < 1.29 is 9.47 Å². The maximum Gasteiger partial charge on any atom is 0.127 e. The van der Waals surface area contributed by atoms with Crippen LogP contribution in [0.2, 0.25) is 0 Å². The Hall–Kier alpha value is -1.58. The van der Waals surface area contributed by atoms with Gasteiger partial charge in [0.25, 0.3) is 0 Å². The molecule has 0 aliphatic heterocycles. The van der Waals surface area contributed by atoms with Gasteiger partial charge in [-0.1, -0.05) is 36.4 Å². The first-order chi connectivity index (χ1) is 9.92. The normalized spacial score (nSPS) is 10.8. The molecule has 3 heteroatoms. The average molecular weight is 273 g/mol. The van der Waals surface area contributed by atoms with Crippen molar-refractivity contribution in [2.75, 3.05) is 26.4 Å². The Morgan fingerprint density at radius 1 is 0.800 bits per heavy atom. The molecule has 0 atom stereocenters. The zero-order valence-corrected chi connectivity index (χ0v) is 11.9. The first kappa shape index (κ1) is 14.8. The average Bonchev–Trinajstić information content (AvgIpc) is 2.50. The van der Waals surface area contributed by atoms with Crippen LogP contribution in [0.15, 0.2) is 42.5 Å². The molecule has 0 bridgehead atoms. The highest BCUT2D eigenvalue weighted by Gasteiger charge is 2.00. The lowest BCUT2D eigenvalue weighted by Gasteiger charge is -2.09. The lowest BCUT2D eigenvalue weighted by Crippen LogP contribution is -2.08. The molecule has 0 aliphatic carbocycles. The summed E-state index contributed by atoms with van der Waals surface area (Å²) in [6.07, 6.45) is 3.29. The quantitative estimate of drug-likeness (QED) is 0.712. The van der Waals surface area contributed by atoms with Gasteiger partial charge in [0.05, 0.1) is 6.61 Å². The van der Waals surface area contributed by atoms with E-state index in [1.807, 2.05) is 24.3 Å². The number of hydrogen-bond acceptors (Lipinski definition) is 3. The van der Waals surface area contributed by atoms with Gasteiger partial charge in [0.1, 0.15) is 12.4 Å². The molecule has 2 rings (SSSR count). The molecule has 0 saturated carbocycles. The second kappa shape index (κ2) is 8.56. The van der Waals surface area contributed by atoms with E-state index in [-0.39, 0.29) is 0 Å². The molecular weight excluding hydrogens is 250 g/mol. The van der Waals surface area contributed by atoms with Crippen LogP contribution in [0.1, 0.15) is 19.3 Å². The molecule has 2 N–H and O–H groups in total. The van der Waals surface area contributed by atoms with Crippen LogP contribution in [-0.4, -0.2) is 26.4 Å². The van der Waals surface area contributed by atoms with Crippen LogP contribution >= 0.6 is 0 Å². The molecule has 0 spiro atoms. The van der Waals surface area contributed by atoms with Gasteiger partial charge in [-0.05, 0) is 37.3 Å². The maximum absolute atomic E-state index is 5.80. The summed E-state index contributed by atoms with van der Waals surface area (Å²) in [5.41, 5.74) is 5.44. The summed E-state index contributed by atoms with van der Waals surface area (Å²) in [5, 5.41) is 2.35. The number of rotatable bonds is 9. The molecule has 2 aromatic carbocycles. The van der Waals surface area contributed by atoms with Gasteiger partial charge in [-0.3, -0.25) is 0 Å². The first-order valence-corrected chi connectivity index (χ1v) is 7.30. The van der Waals surface area contributed by atoms with Gasteiger partial charge < -0.3 is 15.2 Å². The minimum Gasteiger partial charge on any atom is -0.491 e. The molecular formula is C17H23NO2. The predicted octanol–water partition coefficient (Wildman–Crippen LogP) is 3.36. The van der Waals surface area contributed by atoms with Crippen molar-refractivity contribution in [3.05, 3.63) is 42.5 Å². The highest BCUT2D eigenvalue weighted by molar-refractivity contribution is 5.88. The Kier molecular flexibility index (Phi) is 6.35. The van der Waals surface area contributed by atoms with Gasteiger partial charge in [0, 0.05) is 12.0 Å². The van der Waals surface area contributed by atoms with Crippen molar-refractivity contribution in [3.63, 3.8) is 0 Å². The number of nitrogens with two attached hydrogens (primary N) is 1. The fourth-order valence-corrected chi connectivity index (χ4v) is 2.16. The zero-order valence-electron chi connectivity index (χ0n) is 11.9. The molecule has 0 radical (unpaired) electrons. The molecule has 2 aromatic rings. The zero-order chi connectivity index (χ0) is 14.0. The third-order valence-electron chi connectivity index (χ3n) is 3.23. The fraction of sp³-hybridized carbons (Fsp3) is 0.412. The standard InChI is InChI=1S/C17H23NO2/c18-11-4-1-5-12-19-13-14-20-17-10-6-8-15-7-2-3-9-16(15)17/h2-3,6-10H,1,4-5,11-14,18H2. The van der Waals surface area contributed by atoms with Crippen LogP contribution in [0, 0.1) is 0 Å². The van der Waals surface area contributed by atoms with Gasteiger partial charge in [-0.2, -0.15) is 0 Å². The molecule has 3 nitrogen and oxygen atoms in total.